The summed E-state index contributed by atoms with van der Waals surface area (Å²) < 4.78 is 5.17. The summed E-state index contributed by atoms with van der Waals surface area (Å²) in [5.41, 5.74) is 2.91. The van der Waals surface area contributed by atoms with Crippen LogP contribution in [0.5, 0.6) is 0 Å². The molecule has 0 aromatic heterocycles. The Hall–Kier alpha value is -3.35. The van der Waals surface area contributed by atoms with Crippen LogP contribution in [-0.4, -0.2) is 50.4 Å². The van der Waals surface area contributed by atoms with Crippen molar-refractivity contribution in [3.05, 3.63) is 59.7 Å². The maximum absolute atomic E-state index is 12.3. The van der Waals surface area contributed by atoms with Crippen molar-refractivity contribution in [2.24, 2.45) is 5.92 Å². The predicted octanol–water partition coefficient (Wildman–Crippen LogP) is 2.92. The normalized spacial score (nSPS) is 12.8. The summed E-state index contributed by atoms with van der Waals surface area (Å²) >= 11 is 0. The summed E-state index contributed by atoms with van der Waals surface area (Å²) in [6.07, 6.45) is 1.81. The molecule has 158 valence electrons. The Morgan fingerprint density at radius 2 is 1.73 bits per heavy atom. The van der Waals surface area contributed by atoms with Crippen LogP contribution in [0.1, 0.15) is 28.8 Å². The van der Waals surface area contributed by atoms with Crippen LogP contribution in [0, 0.1) is 5.92 Å². The topological polar surface area (TPSA) is 79.0 Å². The number of amides is 2. The largest absolute Gasteiger partial charge is 0.452 e. The van der Waals surface area contributed by atoms with E-state index in [0.717, 1.165) is 24.1 Å². The highest BCUT2D eigenvalue weighted by atomic mass is 16.5. The highest BCUT2D eigenvalue weighted by Crippen LogP contribution is 2.30. The van der Waals surface area contributed by atoms with Gasteiger partial charge in [0.15, 0.2) is 6.61 Å². The molecule has 0 unspecified atom stereocenters. The molecule has 2 aromatic carbocycles. The standard InChI is InChI=1S/C23H27N3O4/c1-25(2)20-11-7-16(8-12-20)14-26(3)21(27)15-30-23(29)18-5-4-6-19(13-18)24-22(28)17-9-10-17/h4-8,11-13,17H,9-10,14-15H2,1-3H3,(H,24,28). The zero-order valence-corrected chi connectivity index (χ0v) is 17.6. The summed E-state index contributed by atoms with van der Waals surface area (Å²) in [5, 5.41) is 2.80. The van der Waals surface area contributed by atoms with Crippen LogP contribution < -0.4 is 10.2 Å². The van der Waals surface area contributed by atoms with E-state index in [0.29, 0.717) is 17.8 Å². The minimum Gasteiger partial charge on any atom is -0.452 e. The molecule has 0 heterocycles. The molecule has 1 aliphatic carbocycles. The molecule has 7 heteroatoms. The van der Waals surface area contributed by atoms with Crippen molar-refractivity contribution in [1.29, 1.82) is 0 Å². The molecule has 1 saturated carbocycles. The van der Waals surface area contributed by atoms with Crippen molar-refractivity contribution in [3.8, 4) is 0 Å². The van der Waals surface area contributed by atoms with Gasteiger partial charge in [0, 0.05) is 45.0 Å². The second-order valence-corrected chi connectivity index (χ2v) is 7.73. The van der Waals surface area contributed by atoms with Crippen molar-refractivity contribution in [2.45, 2.75) is 19.4 Å². The minimum absolute atomic E-state index is 0.0315. The first-order chi connectivity index (χ1) is 14.3. The number of esters is 1. The average Bonchev–Trinajstić information content (AvgIpc) is 3.57. The van der Waals surface area contributed by atoms with E-state index in [-0.39, 0.29) is 24.3 Å². The Balaban J connectivity index is 1.49. The number of hydrogen-bond donors (Lipinski definition) is 1. The fraction of sp³-hybridized carbons (Fsp3) is 0.348. The Labute approximate surface area is 176 Å². The van der Waals surface area contributed by atoms with E-state index in [9.17, 15) is 14.4 Å². The molecule has 30 heavy (non-hydrogen) atoms. The van der Waals surface area contributed by atoms with E-state index in [1.807, 2.05) is 43.3 Å². The molecule has 0 saturated heterocycles. The number of anilines is 2. The first-order valence-corrected chi connectivity index (χ1v) is 9.92. The third kappa shape index (κ3) is 5.83. The number of likely N-dealkylation sites (N-methyl/N-ethyl adjacent to an activating group) is 1. The molecular weight excluding hydrogens is 382 g/mol. The average molecular weight is 409 g/mol. The van der Waals surface area contributed by atoms with Gasteiger partial charge in [0.05, 0.1) is 5.56 Å². The molecule has 1 aliphatic rings. The fourth-order valence-corrected chi connectivity index (χ4v) is 2.90. The Kier molecular flexibility index (Phi) is 6.72. The molecule has 2 aromatic rings. The summed E-state index contributed by atoms with van der Waals surface area (Å²) in [6.45, 7) is 0.0799. The third-order valence-electron chi connectivity index (χ3n) is 4.94. The van der Waals surface area contributed by atoms with E-state index >= 15 is 0 Å². The van der Waals surface area contributed by atoms with Gasteiger partial charge in [-0.25, -0.2) is 4.79 Å². The zero-order chi connectivity index (χ0) is 21.7. The van der Waals surface area contributed by atoms with E-state index in [1.165, 1.54) is 4.90 Å². The molecule has 2 amide bonds. The molecule has 1 fully saturated rings. The van der Waals surface area contributed by atoms with Gasteiger partial charge >= 0.3 is 5.97 Å². The lowest BCUT2D eigenvalue weighted by Crippen LogP contribution is -2.30. The van der Waals surface area contributed by atoms with Gasteiger partial charge in [-0.15, -0.1) is 0 Å². The lowest BCUT2D eigenvalue weighted by atomic mass is 10.2. The highest BCUT2D eigenvalue weighted by molar-refractivity contribution is 5.96. The first-order valence-electron chi connectivity index (χ1n) is 9.92. The number of rotatable bonds is 8. The minimum atomic E-state index is -0.602. The van der Waals surface area contributed by atoms with Gasteiger partial charge in [0.25, 0.3) is 5.91 Å². The van der Waals surface area contributed by atoms with Crippen LogP contribution in [0.15, 0.2) is 48.5 Å². The van der Waals surface area contributed by atoms with E-state index in [4.69, 9.17) is 4.74 Å². The second-order valence-electron chi connectivity index (χ2n) is 7.73. The zero-order valence-electron chi connectivity index (χ0n) is 17.6. The molecule has 3 rings (SSSR count). The maximum atomic E-state index is 12.3. The monoisotopic (exact) mass is 409 g/mol. The van der Waals surface area contributed by atoms with E-state index in [1.54, 1.807) is 31.3 Å². The van der Waals surface area contributed by atoms with Gasteiger partial charge in [-0.1, -0.05) is 18.2 Å². The lowest BCUT2D eigenvalue weighted by molar-refractivity contribution is -0.133. The summed E-state index contributed by atoms with van der Waals surface area (Å²) in [7, 11) is 5.61. The number of carbonyl (C=O) groups is 3. The number of nitrogens with one attached hydrogen (secondary N) is 1. The van der Waals surface area contributed by atoms with Crippen LogP contribution in [0.2, 0.25) is 0 Å². The van der Waals surface area contributed by atoms with Crippen molar-refractivity contribution < 1.29 is 19.1 Å². The van der Waals surface area contributed by atoms with Gasteiger partial charge < -0.3 is 19.9 Å². The number of ether oxygens (including phenoxy) is 1. The van der Waals surface area contributed by atoms with Crippen LogP contribution in [-0.2, 0) is 20.9 Å². The van der Waals surface area contributed by atoms with E-state index in [2.05, 4.69) is 5.32 Å². The molecule has 0 aliphatic heterocycles. The SMILES string of the molecule is CN(Cc1ccc(N(C)C)cc1)C(=O)COC(=O)c1cccc(NC(=O)C2CC2)c1. The number of nitrogens with zero attached hydrogens (tertiary/aromatic N) is 2. The highest BCUT2D eigenvalue weighted by Gasteiger charge is 2.29. The van der Waals surface area contributed by atoms with Crippen LogP contribution >= 0.6 is 0 Å². The second kappa shape index (κ2) is 9.43. The maximum Gasteiger partial charge on any atom is 0.338 e. The molecule has 0 atom stereocenters. The third-order valence-corrected chi connectivity index (χ3v) is 4.94. The first kappa shape index (κ1) is 21.4. The van der Waals surface area contributed by atoms with Gasteiger partial charge in [0.2, 0.25) is 5.91 Å². The smallest absolute Gasteiger partial charge is 0.338 e. The molecule has 0 radical (unpaired) electrons. The summed E-state index contributed by atoms with van der Waals surface area (Å²) in [4.78, 5) is 40.0. The Morgan fingerprint density at radius 1 is 1.03 bits per heavy atom. The Bertz CT molecular complexity index is 920. The summed E-state index contributed by atoms with van der Waals surface area (Å²) in [5.74, 6) is -0.850. The molecule has 0 spiro atoms. The van der Waals surface area contributed by atoms with Crippen molar-refractivity contribution >= 4 is 29.2 Å². The van der Waals surface area contributed by atoms with Gasteiger partial charge in [-0.05, 0) is 48.7 Å². The number of benzene rings is 2. The quantitative estimate of drug-likeness (QED) is 0.678. The van der Waals surface area contributed by atoms with Crippen molar-refractivity contribution in [2.75, 3.05) is 38.0 Å². The number of carbonyl (C=O) groups excluding carboxylic acids is 3. The van der Waals surface area contributed by atoms with Gasteiger partial charge in [0.1, 0.15) is 0 Å². The van der Waals surface area contributed by atoms with E-state index < -0.39 is 5.97 Å². The predicted molar refractivity (Wildman–Crippen MR) is 115 cm³/mol. The molecule has 7 nitrogen and oxygen atoms in total. The molecular formula is C23H27N3O4. The van der Waals surface area contributed by atoms with Crippen LogP contribution in [0.4, 0.5) is 11.4 Å². The molecule has 1 N–H and O–H groups in total. The van der Waals surface area contributed by atoms with Crippen molar-refractivity contribution in [3.63, 3.8) is 0 Å². The molecule has 0 bridgehead atoms. The lowest BCUT2D eigenvalue weighted by Gasteiger charge is -2.18. The van der Waals surface area contributed by atoms with Crippen LogP contribution in [0.25, 0.3) is 0 Å². The fourth-order valence-electron chi connectivity index (χ4n) is 2.90. The van der Waals surface area contributed by atoms with Crippen molar-refractivity contribution in [1.82, 2.24) is 4.90 Å². The summed E-state index contributed by atoms with van der Waals surface area (Å²) in [6, 6.07) is 14.4. The van der Waals surface area contributed by atoms with Gasteiger partial charge in [-0.3, -0.25) is 9.59 Å². The van der Waals surface area contributed by atoms with Gasteiger partial charge in [-0.2, -0.15) is 0 Å². The Morgan fingerprint density at radius 3 is 2.37 bits per heavy atom. The van der Waals surface area contributed by atoms with Crippen LogP contribution in [0.3, 0.4) is 0 Å². The number of hydrogen-bond acceptors (Lipinski definition) is 5.